The minimum Gasteiger partial charge on any atom is -0.497 e. The quantitative estimate of drug-likeness (QED) is 0.184. The summed E-state index contributed by atoms with van der Waals surface area (Å²) in [5.41, 5.74) is 6.76. The van der Waals surface area contributed by atoms with Crippen molar-refractivity contribution in [2.45, 2.75) is 62.7 Å². The van der Waals surface area contributed by atoms with E-state index in [1.807, 2.05) is 55.5 Å². The van der Waals surface area contributed by atoms with Crippen molar-refractivity contribution in [2.24, 2.45) is 0 Å². The molecule has 0 saturated heterocycles. The van der Waals surface area contributed by atoms with Crippen molar-refractivity contribution in [3.63, 3.8) is 0 Å². The number of carbonyl (C=O) groups is 1. The molecule has 0 saturated carbocycles. The molecule has 0 bridgehead atoms. The van der Waals surface area contributed by atoms with E-state index in [4.69, 9.17) is 18.9 Å². The monoisotopic (exact) mass is 618 g/mol. The van der Waals surface area contributed by atoms with Crippen LogP contribution in [0.3, 0.4) is 0 Å². The average molecular weight is 619 g/mol. The minimum absolute atomic E-state index is 0.0993. The lowest BCUT2D eigenvalue weighted by Gasteiger charge is -2.43. The van der Waals surface area contributed by atoms with Crippen molar-refractivity contribution >= 4 is 5.78 Å². The fourth-order valence-electron chi connectivity index (χ4n) is 7.20. The van der Waals surface area contributed by atoms with Crippen LogP contribution in [0, 0.1) is 0 Å². The van der Waals surface area contributed by atoms with Crippen molar-refractivity contribution in [3.8, 4) is 23.0 Å². The fraction of sp³-hybridized carbons (Fsp3) is 0.341. The summed E-state index contributed by atoms with van der Waals surface area (Å²) < 4.78 is 21.2. The number of hydrogen-bond acceptors (Lipinski definition) is 5. The summed E-state index contributed by atoms with van der Waals surface area (Å²) in [6.45, 7) is 8.42. The molecule has 4 aromatic carbocycles. The number of Topliss-reactive ketones (excluding diaryl/α,β-unsaturated/α-hetero) is 1. The van der Waals surface area contributed by atoms with Crippen molar-refractivity contribution < 1.29 is 23.7 Å². The lowest BCUT2D eigenvalue weighted by atomic mass is 9.61. The highest BCUT2D eigenvalue weighted by Crippen LogP contribution is 2.50. The molecule has 3 atom stereocenters. The highest BCUT2D eigenvalue weighted by Gasteiger charge is 2.41. The van der Waals surface area contributed by atoms with Gasteiger partial charge in [-0.05, 0) is 133 Å². The van der Waals surface area contributed by atoms with Crippen LogP contribution in [-0.4, -0.2) is 34.2 Å². The summed E-state index contributed by atoms with van der Waals surface area (Å²) in [6, 6.07) is 28.6. The van der Waals surface area contributed by atoms with Crippen molar-refractivity contribution in [2.75, 3.05) is 28.4 Å². The predicted octanol–water partition coefficient (Wildman–Crippen LogP) is 9.06. The molecule has 0 heterocycles. The number of hydrogen-bond donors (Lipinski definition) is 0. The maximum absolute atomic E-state index is 13.0. The Labute approximate surface area is 274 Å². The summed E-state index contributed by atoms with van der Waals surface area (Å²) in [4.78, 5) is 13.0. The predicted molar refractivity (Wildman–Crippen MR) is 185 cm³/mol. The number of allylic oxidation sites excluding steroid dienone is 1. The number of rotatable bonds is 8. The largest absolute Gasteiger partial charge is 0.497 e. The van der Waals surface area contributed by atoms with Crippen LogP contribution in [-0.2, 0) is 23.7 Å². The second-order valence-corrected chi connectivity index (χ2v) is 12.7. The third-order valence-electron chi connectivity index (χ3n) is 10.2. The van der Waals surface area contributed by atoms with Gasteiger partial charge in [0.1, 0.15) is 23.0 Å². The molecule has 0 aromatic heterocycles. The number of ketones is 1. The SMILES string of the molecule is C=CCC1c2ccc(OC)cc2CC[C@@]1(C)c1ccc(OC)cc1.COc1ccc(C2(C)CCc3cc(OC)ccc3C2=O)cc1. The van der Waals surface area contributed by atoms with Crippen LogP contribution in [0.2, 0.25) is 0 Å². The van der Waals surface area contributed by atoms with Crippen LogP contribution in [0.5, 0.6) is 23.0 Å². The third kappa shape index (κ3) is 6.28. The average Bonchev–Trinajstić information content (AvgIpc) is 3.11. The van der Waals surface area contributed by atoms with Gasteiger partial charge in [-0.25, -0.2) is 0 Å². The third-order valence-corrected chi connectivity index (χ3v) is 10.2. The topological polar surface area (TPSA) is 54.0 Å². The van der Waals surface area contributed by atoms with Crippen LogP contribution in [0.4, 0.5) is 0 Å². The molecule has 2 aliphatic rings. The molecule has 0 aliphatic heterocycles. The van der Waals surface area contributed by atoms with Crippen LogP contribution in [0.1, 0.15) is 77.2 Å². The summed E-state index contributed by atoms with van der Waals surface area (Å²) in [6.07, 6.45) is 6.90. The zero-order valence-electron chi connectivity index (χ0n) is 28.0. The van der Waals surface area contributed by atoms with E-state index < -0.39 is 5.41 Å². The zero-order chi connectivity index (χ0) is 32.9. The number of fused-ring (bicyclic) bond motifs is 2. The van der Waals surface area contributed by atoms with E-state index >= 15 is 0 Å². The van der Waals surface area contributed by atoms with E-state index in [9.17, 15) is 4.79 Å². The molecule has 0 fully saturated rings. The first-order valence-electron chi connectivity index (χ1n) is 16.0. The smallest absolute Gasteiger partial charge is 0.173 e. The van der Waals surface area contributed by atoms with Crippen LogP contribution in [0.15, 0.2) is 97.6 Å². The van der Waals surface area contributed by atoms with Crippen molar-refractivity contribution in [1.29, 1.82) is 0 Å². The van der Waals surface area contributed by atoms with Gasteiger partial charge in [0.05, 0.1) is 33.9 Å². The molecule has 0 spiro atoms. The maximum Gasteiger partial charge on any atom is 0.173 e. The van der Waals surface area contributed by atoms with Gasteiger partial charge in [0.2, 0.25) is 0 Å². The van der Waals surface area contributed by atoms with E-state index in [2.05, 4.69) is 56.0 Å². The number of aryl methyl sites for hydroxylation is 2. The van der Waals surface area contributed by atoms with Crippen molar-refractivity contribution in [3.05, 3.63) is 131 Å². The molecule has 6 rings (SSSR count). The Morgan fingerprint density at radius 1 is 0.674 bits per heavy atom. The van der Waals surface area contributed by atoms with E-state index in [-0.39, 0.29) is 11.2 Å². The first-order chi connectivity index (χ1) is 22.2. The van der Waals surface area contributed by atoms with Gasteiger partial charge in [-0.1, -0.05) is 43.3 Å². The summed E-state index contributed by atoms with van der Waals surface area (Å²) in [5, 5.41) is 0. The molecule has 5 nitrogen and oxygen atoms in total. The molecular weight excluding hydrogens is 572 g/mol. The Morgan fingerprint density at radius 2 is 1.17 bits per heavy atom. The van der Waals surface area contributed by atoms with Gasteiger partial charge >= 0.3 is 0 Å². The van der Waals surface area contributed by atoms with E-state index in [1.54, 1.807) is 28.4 Å². The van der Waals surface area contributed by atoms with Gasteiger partial charge in [0.15, 0.2) is 5.78 Å². The molecule has 2 unspecified atom stereocenters. The molecular formula is C41H46O5. The van der Waals surface area contributed by atoms with Gasteiger partial charge in [-0.3, -0.25) is 4.79 Å². The molecule has 0 radical (unpaired) electrons. The van der Waals surface area contributed by atoms with Crippen LogP contribution in [0.25, 0.3) is 0 Å². The van der Waals surface area contributed by atoms with E-state index in [0.29, 0.717) is 5.92 Å². The van der Waals surface area contributed by atoms with Crippen molar-refractivity contribution in [1.82, 2.24) is 0 Å². The standard InChI is InChI=1S/C22H26O2.C19H20O3/c1-5-6-21-20-12-11-19(24-4)15-16(20)13-14-22(21,2)17-7-9-18(23-3)10-8-17;1-19(14-4-6-15(21-2)7-5-14)11-10-13-12-16(22-3)8-9-17(13)18(19)20/h5,7-12,15,21H,1,6,13-14H2,2-4H3;4-9,12H,10-11H2,1-3H3/t21?,22-;/m0./s1. The summed E-state index contributed by atoms with van der Waals surface area (Å²) in [7, 11) is 6.73. The summed E-state index contributed by atoms with van der Waals surface area (Å²) >= 11 is 0. The molecule has 4 aromatic rings. The Bertz CT molecular complexity index is 1670. The Morgan fingerprint density at radius 3 is 1.74 bits per heavy atom. The number of ether oxygens (including phenoxy) is 4. The first-order valence-corrected chi connectivity index (χ1v) is 16.0. The Kier molecular flexibility index (Phi) is 9.91. The van der Waals surface area contributed by atoms with Gasteiger partial charge in [-0.15, -0.1) is 6.58 Å². The zero-order valence-corrected chi connectivity index (χ0v) is 28.0. The highest BCUT2D eigenvalue weighted by atomic mass is 16.5. The number of carbonyl (C=O) groups excluding carboxylic acids is 1. The lowest BCUT2D eigenvalue weighted by molar-refractivity contribution is 0.0875. The fourth-order valence-corrected chi connectivity index (χ4v) is 7.20. The highest BCUT2D eigenvalue weighted by molar-refractivity contribution is 6.06. The van der Waals surface area contributed by atoms with Gasteiger partial charge < -0.3 is 18.9 Å². The molecule has 240 valence electrons. The number of benzene rings is 4. The summed E-state index contributed by atoms with van der Waals surface area (Å²) in [5.74, 6) is 4.07. The molecule has 0 N–H and O–H groups in total. The van der Waals surface area contributed by atoms with E-state index in [0.717, 1.165) is 71.8 Å². The van der Waals surface area contributed by atoms with Gasteiger partial charge in [0.25, 0.3) is 0 Å². The second-order valence-electron chi connectivity index (χ2n) is 12.7. The van der Waals surface area contributed by atoms with Crippen LogP contribution >= 0.6 is 0 Å². The molecule has 0 amide bonds. The second kappa shape index (κ2) is 13.9. The maximum atomic E-state index is 13.0. The van der Waals surface area contributed by atoms with Gasteiger partial charge in [-0.2, -0.15) is 0 Å². The number of methoxy groups -OCH3 is 4. The Balaban J connectivity index is 0.000000182. The van der Waals surface area contributed by atoms with E-state index in [1.165, 1.54) is 16.7 Å². The normalized spacial score (nSPS) is 21.5. The molecule has 2 aliphatic carbocycles. The minimum atomic E-state index is -0.478. The van der Waals surface area contributed by atoms with Crippen LogP contribution < -0.4 is 18.9 Å². The molecule has 46 heavy (non-hydrogen) atoms. The lowest BCUT2D eigenvalue weighted by Crippen LogP contribution is -2.37. The first kappa shape index (κ1) is 32.9. The van der Waals surface area contributed by atoms with Gasteiger partial charge in [0, 0.05) is 5.56 Å². The Hall–Kier alpha value is -4.51. The molecule has 5 heteroatoms.